The Morgan fingerprint density at radius 1 is 1.53 bits per heavy atom. The number of hydrogen-bond donors (Lipinski definition) is 2. The Labute approximate surface area is 93.1 Å². The molecule has 0 bridgehead atoms. The zero-order valence-electron chi connectivity index (χ0n) is 8.81. The number of aromatic nitrogens is 2. The number of aliphatic hydroxyl groups is 1. The standard InChI is InChI=1S/C9H16N4OS/c1-13(8-11-7(10)12-15-8)6-9(14)4-2-3-5-9/h14H,2-6H2,1H3,(H2,10,12). The lowest BCUT2D eigenvalue weighted by molar-refractivity contribution is 0.0559. The van der Waals surface area contributed by atoms with Gasteiger partial charge in [-0.3, -0.25) is 0 Å². The molecule has 0 radical (unpaired) electrons. The number of rotatable bonds is 3. The molecule has 6 heteroatoms. The van der Waals surface area contributed by atoms with Gasteiger partial charge in [0.05, 0.1) is 5.60 Å². The molecule has 0 spiro atoms. The van der Waals surface area contributed by atoms with Gasteiger partial charge in [0, 0.05) is 25.1 Å². The van der Waals surface area contributed by atoms with Gasteiger partial charge in [-0.25, -0.2) is 0 Å². The first-order valence-electron chi connectivity index (χ1n) is 5.12. The Kier molecular flexibility index (Phi) is 2.79. The van der Waals surface area contributed by atoms with E-state index in [-0.39, 0.29) is 0 Å². The maximum absolute atomic E-state index is 10.2. The molecular formula is C9H16N4OS. The van der Waals surface area contributed by atoms with Crippen molar-refractivity contribution in [2.24, 2.45) is 0 Å². The van der Waals surface area contributed by atoms with Crippen LogP contribution in [0.3, 0.4) is 0 Å². The molecule has 1 heterocycles. The average molecular weight is 228 g/mol. The zero-order valence-corrected chi connectivity index (χ0v) is 9.63. The number of nitrogens with zero attached hydrogens (tertiary/aromatic N) is 3. The molecule has 1 saturated carbocycles. The quantitative estimate of drug-likeness (QED) is 0.802. The molecule has 0 amide bonds. The molecule has 0 atom stereocenters. The summed E-state index contributed by atoms with van der Waals surface area (Å²) in [5.41, 5.74) is 4.91. The van der Waals surface area contributed by atoms with Crippen LogP contribution >= 0.6 is 11.5 Å². The first-order valence-corrected chi connectivity index (χ1v) is 5.89. The van der Waals surface area contributed by atoms with Crippen LogP contribution in [0.5, 0.6) is 0 Å². The Bertz CT molecular complexity index is 335. The van der Waals surface area contributed by atoms with Crippen LogP contribution in [0.25, 0.3) is 0 Å². The monoisotopic (exact) mass is 228 g/mol. The van der Waals surface area contributed by atoms with Gasteiger partial charge in [-0.05, 0) is 12.8 Å². The van der Waals surface area contributed by atoms with Crippen molar-refractivity contribution in [2.75, 3.05) is 24.2 Å². The lowest BCUT2D eigenvalue weighted by atomic mass is 10.0. The summed E-state index contributed by atoms with van der Waals surface area (Å²) in [5, 5.41) is 11.0. The van der Waals surface area contributed by atoms with Crippen molar-refractivity contribution < 1.29 is 5.11 Å². The largest absolute Gasteiger partial charge is 0.388 e. The van der Waals surface area contributed by atoms with Crippen LogP contribution < -0.4 is 10.6 Å². The van der Waals surface area contributed by atoms with Crippen molar-refractivity contribution in [2.45, 2.75) is 31.3 Å². The molecule has 0 aromatic carbocycles. The van der Waals surface area contributed by atoms with E-state index in [2.05, 4.69) is 9.36 Å². The Hall–Kier alpha value is -0.880. The summed E-state index contributed by atoms with van der Waals surface area (Å²) in [4.78, 5) is 6.01. The predicted molar refractivity (Wildman–Crippen MR) is 61.0 cm³/mol. The number of hydrogen-bond acceptors (Lipinski definition) is 6. The molecule has 84 valence electrons. The van der Waals surface area contributed by atoms with Gasteiger partial charge in [-0.2, -0.15) is 9.36 Å². The SMILES string of the molecule is CN(CC1(O)CCCC1)c1nc(N)ns1. The molecule has 0 unspecified atom stereocenters. The van der Waals surface area contributed by atoms with Crippen LogP contribution in [0, 0.1) is 0 Å². The normalized spacial score (nSPS) is 19.3. The summed E-state index contributed by atoms with van der Waals surface area (Å²) < 4.78 is 3.92. The smallest absolute Gasteiger partial charge is 0.233 e. The first kappa shape index (κ1) is 10.6. The lowest BCUT2D eigenvalue weighted by Crippen LogP contribution is -2.39. The summed E-state index contributed by atoms with van der Waals surface area (Å²) in [7, 11) is 1.91. The Morgan fingerprint density at radius 2 is 2.20 bits per heavy atom. The molecule has 1 aromatic heterocycles. The van der Waals surface area contributed by atoms with Gasteiger partial charge < -0.3 is 15.7 Å². The van der Waals surface area contributed by atoms with Crippen LogP contribution in [0.1, 0.15) is 25.7 Å². The van der Waals surface area contributed by atoms with E-state index >= 15 is 0 Å². The molecule has 0 saturated heterocycles. The van der Waals surface area contributed by atoms with E-state index in [1.807, 2.05) is 11.9 Å². The second-order valence-corrected chi connectivity index (χ2v) is 4.95. The summed E-state index contributed by atoms with van der Waals surface area (Å²) in [6.45, 7) is 0.613. The maximum Gasteiger partial charge on any atom is 0.233 e. The number of nitrogen functional groups attached to an aromatic ring is 1. The van der Waals surface area contributed by atoms with Gasteiger partial charge >= 0.3 is 0 Å². The molecule has 15 heavy (non-hydrogen) atoms. The lowest BCUT2D eigenvalue weighted by Gasteiger charge is -2.27. The van der Waals surface area contributed by atoms with Gasteiger partial charge in [0.2, 0.25) is 11.1 Å². The van der Waals surface area contributed by atoms with Crippen molar-refractivity contribution in [3.63, 3.8) is 0 Å². The van der Waals surface area contributed by atoms with Crippen LogP contribution in [0.15, 0.2) is 0 Å². The third-order valence-electron chi connectivity index (χ3n) is 2.82. The summed E-state index contributed by atoms with van der Waals surface area (Å²) in [6.07, 6.45) is 3.99. The van der Waals surface area contributed by atoms with Gasteiger partial charge in [0.15, 0.2) is 0 Å². The molecule has 1 aliphatic rings. The van der Waals surface area contributed by atoms with E-state index in [1.165, 1.54) is 11.5 Å². The zero-order chi connectivity index (χ0) is 10.9. The number of anilines is 2. The average Bonchev–Trinajstić information content (AvgIpc) is 2.75. The van der Waals surface area contributed by atoms with E-state index in [9.17, 15) is 5.11 Å². The van der Waals surface area contributed by atoms with Crippen LogP contribution in [0.4, 0.5) is 11.1 Å². The van der Waals surface area contributed by atoms with Gasteiger partial charge in [-0.15, -0.1) is 0 Å². The van der Waals surface area contributed by atoms with Crippen molar-refractivity contribution >= 4 is 22.6 Å². The number of nitrogens with two attached hydrogens (primary N) is 1. The van der Waals surface area contributed by atoms with E-state index in [4.69, 9.17) is 5.73 Å². The molecule has 0 aliphatic heterocycles. The molecule has 1 aliphatic carbocycles. The van der Waals surface area contributed by atoms with Crippen molar-refractivity contribution in [1.29, 1.82) is 0 Å². The summed E-state index contributed by atoms with van der Waals surface area (Å²) in [5.74, 6) is 0.306. The highest BCUT2D eigenvalue weighted by Gasteiger charge is 2.32. The molecule has 1 aromatic rings. The van der Waals surface area contributed by atoms with Gasteiger partial charge in [0.25, 0.3) is 0 Å². The van der Waals surface area contributed by atoms with Crippen LogP contribution in [-0.2, 0) is 0 Å². The summed E-state index contributed by atoms with van der Waals surface area (Å²) >= 11 is 1.27. The van der Waals surface area contributed by atoms with Crippen molar-refractivity contribution in [1.82, 2.24) is 9.36 Å². The fraction of sp³-hybridized carbons (Fsp3) is 0.778. The molecule has 5 nitrogen and oxygen atoms in total. The highest BCUT2D eigenvalue weighted by atomic mass is 32.1. The van der Waals surface area contributed by atoms with E-state index in [0.717, 1.165) is 30.8 Å². The topological polar surface area (TPSA) is 75.3 Å². The van der Waals surface area contributed by atoms with E-state index < -0.39 is 5.60 Å². The molecule has 1 fully saturated rings. The van der Waals surface area contributed by atoms with Gasteiger partial charge in [0.1, 0.15) is 0 Å². The Balaban J connectivity index is 2.00. The summed E-state index contributed by atoms with van der Waals surface area (Å²) in [6, 6.07) is 0. The van der Waals surface area contributed by atoms with Crippen LogP contribution in [-0.4, -0.2) is 33.7 Å². The second kappa shape index (κ2) is 3.94. The van der Waals surface area contributed by atoms with E-state index in [0.29, 0.717) is 12.5 Å². The minimum atomic E-state index is -0.546. The molecular weight excluding hydrogens is 212 g/mol. The predicted octanol–water partition coefficient (Wildman–Crippen LogP) is 0.862. The number of likely N-dealkylation sites (N-methyl/N-ethyl adjacent to an activating group) is 1. The fourth-order valence-corrected chi connectivity index (χ4v) is 2.64. The Morgan fingerprint density at radius 3 is 2.73 bits per heavy atom. The third kappa shape index (κ3) is 2.38. The molecule has 2 rings (SSSR count). The fourth-order valence-electron chi connectivity index (χ4n) is 2.08. The van der Waals surface area contributed by atoms with Crippen LogP contribution in [0.2, 0.25) is 0 Å². The highest BCUT2D eigenvalue weighted by Crippen LogP contribution is 2.31. The second-order valence-electron chi connectivity index (χ2n) is 4.22. The molecule has 3 N–H and O–H groups in total. The first-order chi connectivity index (χ1) is 7.09. The minimum Gasteiger partial charge on any atom is -0.388 e. The maximum atomic E-state index is 10.2. The minimum absolute atomic E-state index is 0.306. The third-order valence-corrected chi connectivity index (χ3v) is 3.67. The van der Waals surface area contributed by atoms with Crippen molar-refractivity contribution in [3.05, 3.63) is 0 Å². The van der Waals surface area contributed by atoms with Gasteiger partial charge in [-0.1, -0.05) is 12.8 Å². The highest BCUT2D eigenvalue weighted by molar-refractivity contribution is 7.09. The van der Waals surface area contributed by atoms with E-state index in [1.54, 1.807) is 0 Å². The van der Waals surface area contributed by atoms with Crippen molar-refractivity contribution in [3.8, 4) is 0 Å².